The highest BCUT2D eigenvalue weighted by Gasteiger charge is 2.36. The van der Waals surface area contributed by atoms with Gasteiger partial charge in [0.25, 0.3) is 5.91 Å². The van der Waals surface area contributed by atoms with Crippen molar-refractivity contribution in [2.45, 2.75) is 6.18 Å². The normalized spacial score (nSPS) is 16.3. The Morgan fingerprint density at radius 1 is 1.21 bits per heavy atom. The van der Waals surface area contributed by atoms with E-state index < -0.39 is 17.8 Å². The van der Waals surface area contributed by atoms with Gasteiger partial charge in [-0.25, -0.2) is 0 Å². The van der Waals surface area contributed by atoms with Crippen molar-refractivity contribution in [1.29, 1.82) is 0 Å². The molecule has 1 aromatic heterocycles. The van der Waals surface area contributed by atoms with Crippen molar-refractivity contribution in [3.05, 3.63) is 17.5 Å². The molecule has 0 atom stereocenters. The van der Waals surface area contributed by atoms with Crippen molar-refractivity contribution in [3.8, 4) is 0 Å². The fourth-order valence-electron chi connectivity index (χ4n) is 2.41. The molecule has 1 saturated heterocycles. The van der Waals surface area contributed by atoms with Gasteiger partial charge in [-0.2, -0.15) is 18.3 Å². The lowest BCUT2D eigenvalue weighted by molar-refractivity contribution is -0.141. The van der Waals surface area contributed by atoms with Gasteiger partial charge in [0.05, 0.1) is 6.54 Å². The lowest BCUT2D eigenvalue weighted by Crippen LogP contribution is -2.51. The van der Waals surface area contributed by atoms with Crippen LogP contribution in [0.2, 0.25) is 0 Å². The lowest BCUT2D eigenvalue weighted by atomic mass is 10.2. The first kappa shape index (κ1) is 18.2. The Morgan fingerprint density at radius 2 is 1.79 bits per heavy atom. The summed E-state index contributed by atoms with van der Waals surface area (Å²) in [5.41, 5.74) is -1.18. The van der Waals surface area contributed by atoms with Crippen LogP contribution in [0, 0.1) is 0 Å². The van der Waals surface area contributed by atoms with Gasteiger partial charge >= 0.3 is 6.18 Å². The molecule has 0 saturated carbocycles. The third-order valence-corrected chi connectivity index (χ3v) is 3.91. The van der Waals surface area contributed by atoms with Crippen LogP contribution in [-0.2, 0) is 18.0 Å². The molecule has 0 spiro atoms. The average Bonchev–Trinajstić information content (AvgIpc) is 2.89. The fourth-order valence-corrected chi connectivity index (χ4v) is 2.41. The number of carbonyl (C=O) groups is 2. The average molecular weight is 347 g/mol. The number of halogens is 3. The number of amides is 2. The zero-order valence-electron chi connectivity index (χ0n) is 13.8. The van der Waals surface area contributed by atoms with Crippen LogP contribution in [0.25, 0.3) is 0 Å². The molecular weight excluding hydrogens is 327 g/mol. The Kier molecular flexibility index (Phi) is 5.16. The van der Waals surface area contributed by atoms with E-state index in [1.807, 2.05) is 4.90 Å². The highest BCUT2D eigenvalue weighted by molar-refractivity contribution is 5.92. The second-order valence-electron chi connectivity index (χ2n) is 5.89. The van der Waals surface area contributed by atoms with Crippen molar-refractivity contribution in [2.75, 3.05) is 46.8 Å². The number of aryl methyl sites for hydroxylation is 1. The Hall–Kier alpha value is -2.10. The van der Waals surface area contributed by atoms with Gasteiger partial charge in [-0.3, -0.25) is 19.2 Å². The molecule has 0 unspecified atom stereocenters. The van der Waals surface area contributed by atoms with Gasteiger partial charge in [-0.15, -0.1) is 0 Å². The molecule has 2 rings (SSSR count). The van der Waals surface area contributed by atoms with E-state index in [1.165, 1.54) is 16.8 Å². The molecule has 0 bridgehead atoms. The summed E-state index contributed by atoms with van der Waals surface area (Å²) in [5.74, 6) is -0.518. The maximum atomic E-state index is 12.7. The number of hydrogen-bond acceptors (Lipinski definition) is 4. The number of rotatable bonds is 3. The van der Waals surface area contributed by atoms with E-state index in [9.17, 15) is 22.8 Å². The van der Waals surface area contributed by atoms with Crippen LogP contribution in [0.4, 0.5) is 13.2 Å². The lowest BCUT2D eigenvalue weighted by Gasteiger charge is -2.34. The molecule has 0 aromatic carbocycles. The Labute approximate surface area is 137 Å². The minimum Gasteiger partial charge on any atom is -0.348 e. The van der Waals surface area contributed by atoms with Gasteiger partial charge in [0.15, 0.2) is 5.69 Å². The van der Waals surface area contributed by atoms with Crippen LogP contribution in [0.1, 0.15) is 16.2 Å². The van der Waals surface area contributed by atoms with Gasteiger partial charge in [0.2, 0.25) is 5.91 Å². The third-order valence-electron chi connectivity index (χ3n) is 3.91. The first-order valence-corrected chi connectivity index (χ1v) is 7.42. The Morgan fingerprint density at radius 3 is 2.25 bits per heavy atom. The quantitative estimate of drug-likeness (QED) is 0.788. The summed E-state index contributed by atoms with van der Waals surface area (Å²) >= 11 is 0. The van der Waals surface area contributed by atoms with E-state index in [-0.39, 0.29) is 18.1 Å². The molecule has 2 amide bonds. The smallest absolute Gasteiger partial charge is 0.348 e. The van der Waals surface area contributed by atoms with E-state index in [1.54, 1.807) is 14.1 Å². The maximum Gasteiger partial charge on any atom is 0.435 e. The predicted molar refractivity (Wildman–Crippen MR) is 79.2 cm³/mol. The molecule has 0 radical (unpaired) electrons. The van der Waals surface area contributed by atoms with Gasteiger partial charge < -0.3 is 9.80 Å². The number of likely N-dealkylation sites (N-methyl/N-ethyl adjacent to an activating group) is 1. The molecule has 1 aliphatic heterocycles. The summed E-state index contributed by atoms with van der Waals surface area (Å²) in [7, 11) is 4.65. The molecule has 0 aliphatic carbocycles. The van der Waals surface area contributed by atoms with E-state index in [0.29, 0.717) is 26.2 Å². The number of aromatic nitrogens is 2. The van der Waals surface area contributed by atoms with Gasteiger partial charge in [0, 0.05) is 53.4 Å². The van der Waals surface area contributed by atoms with Crippen LogP contribution in [0.5, 0.6) is 0 Å². The van der Waals surface area contributed by atoms with Crippen LogP contribution >= 0.6 is 0 Å². The number of carbonyl (C=O) groups excluding carboxylic acids is 2. The second kappa shape index (κ2) is 6.80. The number of alkyl halides is 3. The van der Waals surface area contributed by atoms with Crippen LogP contribution in [0.3, 0.4) is 0 Å². The van der Waals surface area contributed by atoms with Crippen molar-refractivity contribution in [3.63, 3.8) is 0 Å². The molecule has 10 heteroatoms. The fraction of sp³-hybridized carbons (Fsp3) is 0.643. The summed E-state index contributed by atoms with van der Waals surface area (Å²) in [5, 5.41) is 3.36. The van der Waals surface area contributed by atoms with Crippen molar-refractivity contribution in [1.82, 2.24) is 24.5 Å². The van der Waals surface area contributed by atoms with Crippen molar-refractivity contribution < 1.29 is 22.8 Å². The minimum absolute atomic E-state index is 0.0313. The predicted octanol–water partition coefficient (Wildman–Crippen LogP) is 0.285. The molecule has 134 valence electrons. The van der Waals surface area contributed by atoms with E-state index in [0.717, 1.165) is 10.7 Å². The molecule has 7 nitrogen and oxygen atoms in total. The molecule has 1 aromatic rings. The summed E-state index contributed by atoms with van der Waals surface area (Å²) in [4.78, 5) is 29.0. The van der Waals surface area contributed by atoms with E-state index in [4.69, 9.17) is 0 Å². The molecule has 24 heavy (non-hydrogen) atoms. The second-order valence-corrected chi connectivity index (χ2v) is 5.89. The molecule has 1 fully saturated rings. The zero-order chi connectivity index (χ0) is 18.1. The third kappa shape index (κ3) is 4.05. The van der Waals surface area contributed by atoms with Gasteiger partial charge in [0.1, 0.15) is 5.69 Å². The monoisotopic (exact) mass is 347 g/mol. The minimum atomic E-state index is -4.58. The van der Waals surface area contributed by atoms with E-state index >= 15 is 0 Å². The molecular formula is C14H20F3N5O2. The van der Waals surface area contributed by atoms with Crippen LogP contribution in [-0.4, -0.2) is 83.1 Å². The number of piperazine rings is 1. The first-order valence-electron chi connectivity index (χ1n) is 7.42. The summed E-state index contributed by atoms with van der Waals surface area (Å²) in [6.45, 7) is 1.96. The van der Waals surface area contributed by atoms with Crippen LogP contribution in [0.15, 0.2) is 6.07 Å². The maximum absolute atomic E-state index is 12.7. The zero-order valence-corrected chi connectivity index (χ0v) is 13.8. The number of hydrogen-bond donors (Lipinski definition) is 0. The molecule has 2 heterocycles. The standard InChI is InChI=1S/C14H20F3N5O2/c1-19(2)12(23)9-21-4-6-22(7-5-21)13(24)10-8-11(14(15,16)17)18-20(10)3/h8H,4-7,9H2,1-3H3. The van der Waals surface area contributed by atoms with Crippen LogP contribution < -0.4 is 0 Å². The SMILES string of the molecule is CN(C)C(=O)CN1CCN(C(=O)c2cc(C(F)(F)F)nn2C)CC1. The Bertz CT molecular complexity index is 618. The summed E-state index contributed by atoms with van der Waals surface area (Å²) in [6.07, 6.45) is -4.58. The van der Waals surface area contributed by atoms with Crippen molar-refractivity contribution >= 4 is 11.8 Å². The van der Waals surface area contributed by atoms with Crippen molar-refractivity contribution in [2.24, 2.45) is 7.05 Å². The highest BCUT2D eigenvalue weighted by Crippen LogP contribution is 2.28. The first-order chi connectivity index (χ1) is 11.1. The van der Waals surface area contributed by atoms with Gasteiger partial charge in [-0.1, -0.05) is 0 Å². The Balaban J connectivity index is 1.98. The molecule has 0 N–H and O–H groups in total. The van der Waals surface area contributed by atoms with Gasteiger partial charge in [-0.05, 0) is 0 Å². The largest absolute Gasteiger partial charge is 0.435 e. The highest BCUT2D eigenvalue weighted by atomic mass is 19.4. The topological polar surface area (TPSA) is 61.7 Å². The summed E-state index contributed by atoms with van der Waals surface area (Å²) in [6, 6.07) is 0.768. The van der Waals surface area contributed by atoms with E-state index in [2.05, 4.69) is 5.10 Å². The number of nitrogens with zero attached hydrogens (tertiary/aromatic N) is 5. The molecule has 1 aliphatic rings. The summed E-state index contributed by atoms with van der Waals surface area (Å²) < 4.78 is 39.0.